The van der Waals surface area contributed by atoms with Crippen molar-refractivity contribution in [3.8, 4) is 0 Å². The van der Waals surface area contributed by atoms with Crippen molar-refractivity contribution in [3.05, 3.63) is 24.3 Å². The molecule has 0 aromatic carbocycles. The lowest BCUT2D eigenvalue weighted by Crippen LogP contribution is -2.37. The van der Waals surface area contributed by atoms with Gasteiger partial charge in [-0.1, -0.05) is 167 Å². The number of likely N-dealkylation sites (N-methyl/N-ethyl adjacent to an activating group) is 1. The minimum atomic E-state index is -4.26. The fourth-order valence-electron chi connectivity index (χ4n) is 6.05. The van der Waals surface area contributed by atoms with Gasteiger partial charge in [0.1, 0.15) is 19.3 Å². The number of unbranched alkanes of at least 4 members (excludes halogenated alkanes) is 23. The fourth-order valence-corrected chi connectivity index (χ4v) is 6.79. The molecule has 0 aliphatic heterocycles. The Morgan fingerprint density at radius 2 is 1.04 bits per heavy atom. The zero-order valence-electron chi connectivity index (χ0n) is 35.5. The lowest BCUT2D eigenvalue weighted by molar-refractivity contribution is -0.870. The van der Waals surface area contributed by atoms with Crippen molar-refractivity contribution in [1.82, 2.24) is 0 Å². The Morgan fingerprint density at radius 3 is 1.53 bits per heavy atom. The third-order valence-corrected chi connectivity index (χ3v) is 10.5. The summed E-state index contributed by atoms with van der Waals surface area (Å²) >= 11 is 0. The van der Waals surface area contributed by atoms with Gasteiger partial charge in [-0.05, 0) is 44.9 Å². The van der Waals surface area contributed by atoms with E-state index in [0.717, 1.165) is 38.5 Å². The molecule has 1 N–H and O–H groups in total. The van der Waals surface area contributed by atoms with Crippen molar-refractivity contribution in [2.75, 3.05) is 54.1 Å². The van der Waals surface area contributed by atoms with Gasteiger partial charge >= 0.3 is 13.8 Å². The average molecular weight is 773 g/mol. The maximum absolute atomic E-state index is 12.7. The van der Waals surface area contributed by atoms with E-state index in [9.17, 15) is 14.3 Å². The molecule has 0 radical (unpaired) electrons. The standard InChI is InChI=1S/C44H86NO7P/c1-6-8-10-12-14-16-17-18-19-20-21-22-23-24-25-26-27-28-29-30-31-33-35-37-44(46)52-43(41-49-39-36-34-32-15-13-11-9-7-2)42-51-53(47,48)50-40-38-45(3,4)5/h17-18,20-21,43H,6-16,19,22-42H2,1-5H3/p+1/b18-17-,21-20-. The molecule has 0 aliphatic rings. The van der Waals surface area contributed by atoms with Crippen LogP contribution in [0.15, 0.2) is 24.3 Å². The summed E-state index contributed by atoms with van der Waals surface area (Å²) in [4.78, 5) is 22.8. The van der Waals surface area contributed by atoms with Crippen LogP contribution in [0.5, 0.6) is 0 Å². The monoisotopic (exact) mass is 773 g/mol. The van der Waals surface area contributed by atoms with E-state index in [1.165, 1.54) is 135 Å². The van der Waals surface area contributed by atoms with Crippen LogP contribution in [0.4, 0.5) is 0 Å². The van der Waals surface area contributed by atoms with Gasteiger partial charge in [-0.25, -0.2) is 4.57 Å². The molecule has 0 aliphatic carbocycles. The maximum Gasteiger partial charge on any atom is 0.472 e. The molecular formula is C44H87NO7P+. The first-order valence-electron chi connectivity index (χ1n) is 22.1. The quantitative estimate of drug-likeness (QED) is 0.0217. The minimum absolute atomic E-state index is 0.0899. The van der Waals surface area contributed by atoms with Crippen LogP contribution in [0.2, 0.25) is 0 Å². The molecule has 53 heavy (non-hydrogen) atoms. The van der Waals surface area contributed by atoms with E-state index in [1.807, 2.05) is 21.1 Å². The van der Waals surface area contributed by atoms with Gasteiger partial charge in [0.2, 0.25) is 0 Å². The summed E-state index contributed by atoms with van der Waals surface area (Å²) in [6, 6.07) is 0. The third kappa shape index (κ3) is 42.0. The van der Waals surface area contributed by atoms with E-state index in [1.54, 1.807) is 0 Å². The van der Waals surface area contributed by atoms with Crippen molar-refractivity contribution >= 4 is 13.8 Å². The van der Waals surface area contributed by atoms with Crippen LogP contribution >= 0.6 is 7.82 Å². The molecular weight excluding hydrogens is 685 g/mol. The second-order valence-corrected chi connectivity index (χ2v) is 17.5. The number of carbonyl (C=O) groups excluding carboxylic acids is 1. The summed E-state index contributed by atoms with van der Waals surface area (Å²) in [5.41, 5.74) is 0. The number of ether oxygens (including phenoxy) is 2. The zero-order valence-corrected chi connectivity index (χ0v) is 36.4. The van der Waals surface area contributed by atoms with Crippen molar-refractivity contribution < 1.29 is 37.3 Å². The molecule has 2 atom stereocenters. The number of hydrogen-bond donors (Lipinski definition) is 1. The first-order chi connectivity index (χ1) is 25.6. The molecule has 0 fully saturated rings. The molecule has 0 spiro atoms. The van der Waals surface area contributed by atoms with Gasteiger partial charge in [0.25, 0.3) is 0 Å². The Bertz CT molecular complexity index is 905. The molecule has 0 saturated carbocycles. The Hall–Kier alpha value is -1.02. The van der Waals surface area contributed by atoms with Crippen LogP contribution in [0, 0.1) is 0 Å². The second kappa shape index (κ2) is 37.9. The lowest BCUT2D eigenvalue weighted by Gasteiger charge is -2.24. The van der Waals surface area contributed by atoms with Crippen LogP contribution in [0.1, 0.15) is 194 Å². The Morgan fingerprint density at radius 1 is 0.585 bits per heavy atom. The number of phosphoric acid groups is 1. The van der Waals surface area contributed by atoms with Crippen LogP contribution in [-0.4, -0.2) is 75.6 Å². The SMILES string of the molecule is CCCCCCC/C=C\C/C=C\CCCCCCCCCCCCCC(=O)OC(COCCCCCCCCCC)COP(=O)(O)OCC[N+](C)(C)C. The highest BCUT2D eigenvalue weighted by atomic mass is 31.2. The lowest BCUT2D eigenvalue weighted by atomic mass is 10.0. The summed E-state index contributed by atoms with van der Waals surface area (Å²) in [6.07, 6.45) is 42.2. The van der Waals surface area contributed by atoms with Gasteiger partial charge in [0, 0.05) is 13.0 Å². The number of carbonyl (C=O) groups is 1. The number of quaternary nitrogens is 1. The first-order valence-corrected chi connectivity index (χ1v) is 23.6. The maximum atomic E-state index is 12.7. The highest BCUT2D eigenvalue weighted by molar-refractivity contribution is 7.47. The predicted octanol–water partition coefficient (Wildman–Crippen LogP) is 12.8. The Labute approximate surface area is 328 Å². The van der Waals surface area contributed by atoms with Crippen LogP contribution in [0.25, 0.3) is 0 Å². The summed E-state index contributed by atoms with van der Waals surface area (Å²) < 4.78 is 34.9. The molecule has 0 bridgehead atoms. The smallest absolute Gasteiger partial charge is 0.457 e. The summed E-state index contributed by atoms with van der Waals surface area (Å²) in [5.74, 6) is -0.316. The molecule has 8 nitrogen and oxygen atoms in total. The van der Waals surface area contributed by atoms with Gasteiger partial charge in [0.05, 0.1) is 34.4 Å². The van der Waals surface area contributed by atoms with E-state index in [0.29, 0.717) is 24.1 Å². The van der Waals surface area contributed by atoms with Crippen molar-refractivity contribution in [1.29, 1.82) is 0 Å². The summed E-state index contributed by atoms with van der Waals surface area (Å²) in [6.45, 7) is 5.61. The molecule has 9 heteroatoms. The van der Waals surface area contributed by atoms with Gasteiger partial charge in [-0.2, -0.15) is 0 Å². The van der Waals surface area contributed by atoms with E-state index in [2.05, 4.69) is 38.2 Å². The van der Waals surface area contributed by atoms with Gasteiger partial charge < -0.3 is 18.9 Å². The molecule has 0 rings (SSSR count). The van der Waals surface area contributed by atoms with Crippen LogP contribution in [0.3, 0.4) is 0 Å². The molecule has 0 aromatic heterocycles. The topological polar surface area (TPSA) is 91.3 Å². The number of esters is 1. The van der Waals surface area contributed by atoms with E-state index >= 15 is 0 Å². The van der Waals surface area contributed by atoms with Crippen molar-refractivity contribution in [2.24, 2.45) is 0 Å². The van der Waals surface area contributed by atoms with Crippen molar-refractivity contribution in [3.63, 3.8) is 0 Å². The van der Waals surface area contributed by atoms with E-state index in [4.69, 9.17) is 18.5 Å². The molecule has 0 amide bonds. The highest BCUT2D eigenvalue weighted by Crippen LogP contribution is 2.43. The van der Waals surface area contributed by atoms with Gasteiger partial charge in [-0.3, -0.25) is 13.8 Å². The van der Waals surface area contributed by atoms with E-state index < -0.39 is 13.9 Å². The number of allylic oxidation sites excluding steroid dienone is 4. The molecule has 2 unspecified atom stereocenters. The summed E-state index contributed by atoms with van der Waals surface area (Å²) in [5, 5.41) is 0. The normalized spacial score (nSPS) is 14.0. The number of nitrogens with zero attached hydrogens (tertiary/aromatic N) is 1. The van der Waals surface area contributed by atoms with Crippen LogP contribution in [-0.2, 0) is 27.9 Å². The predicted molar refractivity (Wildman–Crippen MR) is 224 cm³/mol. The Balaban J connectivity index is 4.06. The average Bonchev–Trinajstić information content (AvgIpc) is 3.11. The Kier molecular flexibility index (Phi) is 37.2. The van der Waals surface area contributed by atoms with Crippen LogP contribution < -0.4 is 0 Å². The number of phosphoric ester groups is 1. The zero-order chi connectivity index (χ0) is 39.1. The van der Waals surface area contributed by atoms with Gasteiger partial charge in [-0.15, -0.1) is 0 Å². The van der Waals surface area contributed by atoms with E-state index in [-0.39, 0.29) is 25.8 Å². The summed E-state index contributed by atoms with van der Waals surface area (Å²) in [7, 11) is 1.67. The number of hydrogen-bond acceptors (Lipinski definition) is 6. The van der Waals surface area contributed by atoms with Gasteiger partial charge in [0.15, 0.2) is 0 Å². The fraction of sp³-hybridized carbons (Fsp3) is 0.886. The first kappa shape index (κ1) is 52.0. The molecule has 0 heterocycles. The second-order valence-electron chi connectivity index (χ2n) is 16.1. The number of rotatable bonds is 41. The minimum Gasteiger partial charge on any atom is -0.457 e. The molecule has 0 aromatic rings. The molecule has 0 saturated heterocycles. The third-order valence-electron chi connectivity index (χ3n) is 9.52. The largest absolute Gasteiger partial charge is 0.472 e. The molecule has 314 valence electrons. The highest BCUT2D eigenvalue weighted by Gasteiger charge is 2.26. The van der Waals surface area contributed by atoms with Crippen molar-refractivity contribution in [2.45, 2.75) is 200 Å².